The Morgan fingerprint density at radius 1 is 1.27 bits per heavy atom. The third kappa shape index (κ3) is 3.02. The minimum absolute atomic E-state index is 0.137. The summed E-state index contributed by atoms with van der Waals surface area (Å²) in [6.07, 6.45) is -2.18. The van der Waals surface area contributed by atoms with Gasteiger partial charge in [0.1, 0.15) is 0 Å². The summed E-state index contributed by atoms with van der Waals surface area (Å²) in [4.78, 5) is 6.54. The Morgan fingerprint density at radius 2 is 2.06 bits per heavy atom. The molecule has 1 aliphatic heterocycles. The highest BCUT2D eigenvalue weighted by molar-refractivity contribution is 5.66. The van der Waals surface area contributed by atoms with Gasteiger partial charge < -0.3 is 15.2 Å². The van der Waals surface area contributed by atoms with Gasteiger partial charge in [-0.3, -0.25) is 9.58 Å². The summed E-state index contributed by atoms with van der Waals surface area (Å²) >= 11 is 0. The number of alkyl halides is 3. The van der Waals surface area contributed by atoms with Crippen molar-refractivity contribution in [2.75, 3.05) is 25.5 Å². The molecule has 2 aromatic heterocycles. The third-order valence-electron chi connectivity index (χ3n) is 8.15. The zero-order chi connectivity index (χ0) is 23.3. The number of nitrogens with zero attached hydrogens (tertiary/aromatic N) is 4. The van der Waals surface area contributed by atoms with E-state index in [1.807, 2.05) is 10.7 Å². The van der Waals surface area contributed by atoms with E-state index in [0.29, 0.717) is 41.1 Å². The summed E-state index contributed by atoms with van der Waals surface area (Å²) in [6, 6.07) is 4.45. The van der Waals surface area contributed by atoms with Gasteiger partial charge in [-0.15, -0.1) is 13.2 Å². The molecule has 2 aromatic rings. The zero-order valence-electron chi connectivity index (χ0n) is 18.8. The van der Waals surface area contributed by atoms with Crippen molar-refractivity contribution in [1.29, 1.82) is 0 Å². The molecule has 2 unspecified atom stereocenters. The fourth-order valence-electron chi connectivity index (χ4n) is 6.82. The number of anilines is 1. The van der Waals surface area contributed by atoms with Crippen LogP contribution in [0.5, 0.6) is 5.75 Å². The van der Waals surface area contributed by atoms with E-state index in [1.54, 1.807) is 0 Å². The van der Waals surface area contributed by atoms with Crippen LogP contribution < -0.4 is 10.5 Å². The number of hydrogen-bond donors (Lipinski definition) is 1. The van der Waals surface area contributed by atoms with Crippen molar-refractivity contribution < 1.29 is 22.6 Å². The number of fused-ring (bicyclic) bond motifs is 1. The van der Waals surface area contributed by atoms with Gasteiger partial charge in [-0.1, -0.05) is 0 Å². The number of nitrogen functional groups attached to an aromatic ring is 1. The minimum Gasteiger partial charge on any atom is -0.402 e. The summed E-state index contributed by atoms with van der Waals surface area (Å²) in [6.45, 7) is 8.95. The molecule has 178 valence electrons. The maximum atomic E-state index is 12.8. The fourth-order valence-corrected chi connectivity index (χ4v) is 6.82. The van der Waals surface area contributed by atoms with E-state index in [0.717, 1.165) is 19.8 Å². The van der Waals surface area contributed by atoms with E-state index in [-0.39, 0.29) is 17.3 Å². The lowest BCUT2D eigenvalue weighted by molar-refractivity contribution is -0.274. The molecule has 4 saturated carbocycles. The van der Waals surface area contributed by atoms with Crippen molar-refractivity contribution in [2.24, 2.45) is 17.8 Å². The van der Waals surface area contributed by atoms with Crippen LogP contribution in [-0.2, 0) is 10.2 Å². The number of pyridine rings is 1. The van der Waals surface area contributed by atoms with Crippen LogP contribution in [0.4, 0.5) is 19.0 Å². The topological polar surface area (TPSA) is 78.4 Å². The molecule has 5 fully saturated rings. The Hall–Kier alpha value is -2.33. The Kier molecular flexibility index (Phi) is 4.40. The zero-order valence-corrected chi connectivity index (χ0v) is 18.8. The van der Waals surface area contributed by atoms with Gasteiger partial charge in [0.15, 0.2) is 11.6 Å². The summed E-state index contributed by atoms with van der Waals surface area (Å²) in [5, 5.41) is 4.79. The molecule has 0 aromatic carbocycles. The number of aromatic nitrogens is 3. The minimum atomic E-state index is -4.84. The standard InChI is InChI=1S/C23H28F3N5O2/c1-11(2)31-18(8-15(29-31)13-6-17(21(27)28-9-13)33-23(24,25)26)22-14-7-16(20(22)19(14)22)30-4-5-32-10-12(30)3/h6,8-9,11-12,14,16,19-20H,4-5,7,10H2,1-3H3,(H2,27,28)/t12-,14+,16?,19+,20?,22+/m0/s1. The van der Waals surface area contributed by atoms with E-state index in [4.69, 9.17) is 15.6 Å². The maximum absolute atomic E-state index is 12.8. The normalized spacial score (nSPS) is 35.1. The number of nitrogens with two attached hydrogens (primary N) is 1. The number of morpholine rings is 1. The molecule has 3 heterocycles. The highest BCUT2D eigenvalue weighted by Gasteiger charge is 2.93. The summed E-state index contributed by atoms with van der Waals surface area (Å²) in [5.41, 5.74) is 8.03. The van der Waals surface area contributed by atoms with Crippen LogP contribution in [0.15, 0.2) is 18.3 Å². The lowest BCUT2D eigenvalue weighted by Crippen LogP contribution is -2.49. The van der Waals surface area contributed by atoms with E-state index in [2.05, 4.69) is 35.4 Å². The van der Waals surface area contributed by atoms with E-state index in [9.17, 15) is 13.2 Å². The molecule has 7 nitrogen and oxygen atoms in total. The van der Waals surface area contributed by atoms with Crippen LogP contribution in [0.1, 0.15) is 38.9 Å². The molecule has 0 radical (unpaired) electrons. The first-order valence-electron chi connectivity index (χ1n) is 11.6. The van der Waals surface area contributed by atoms with Crippen molar-refractivity contribution in [2.45, 2.75) is 57.1 Å². The molecule has 10 heteroatoms. The Balaban J connectivity index is 1.32. The fraction of sp³-hybridized carbons (Fsp3) is 0.652. The maximum Gasteiger partial charge on any atom is 0.573 e. The molecule has 33 heavy (non-hydrogen) atoms. The molecule has 7 rings (SSSR count). The molecule has 6 atom stereocenters. The van der Waals surface area contributed by atoms with Gasteiger partial charge >= 0.3 is 6.36 Å². The largest absolute Gasteiger partial charge is 0.573 e. The SMILES string of the molecule is CC(C)n1nc(-c2cnc(N)c(OC(F)(F)F)c2)cc1[C@]12C3C(N4CCOC[C@@H]4C)C[C@@H]1[C@H]32. The summed E-state index contributed by atoms with van der Waals surface area (Å²) < 4.78 is 50.1. The van der Waals surface area contributed by atoms with Crippen molar-refractivity contribution in [3.63, 3.8) is 0 Å². The van der Waals surface area contributed by atoms with Gasteiger partial charge in [-0.2, -0.15) is 5.10 Å². The van der Waals surface area contributed by atoms with Crippen LogP contribution in [-0.4, -0.2) is 57.9 Å². The van der Waals surface area contributed by atoms with Crippen LogP contribution in [0.25, 0.3) is 11.3 Å². The van der Waals surface area contributed by atoms with Gasteiger partial charge in [-0.05, 0) is 57.1 Å². The predicted molar refractivity (Wildman–Crippen MR) is 114 cm³/mol. The van der Waals surface area contributed by atoms with Gasteiger partial charge in [0, 0.05) is 47.5 Å². The van der Waals surface area contributed by atoms with Crippen molar-refractivity contribution in [1.82, 2.24) is 19.7 Å². The van der Waals surface area contributed by atoms with Crippen LogP contribution in [0.2, 0.25) is 0 Å². The van der Waals surface area contributed by atoms with Crippen molar-refractivity contribution in [3.05, 3.63) is 24.0 Å². The average molecular weight is 464 g/mol. The molecular formula is C23H28F3N5O2. The van der Waals surface area contributed by atoms with E-state index in [1.165, 1.54) is 24.4 Å². The quantitative estimate of drug-likeness (QED) is 0.730. The van der Waals surface area contributed by atoms with Crippen molar-refractivity contribution in [3.8, 4) is 17.0 Å². The smallest absolute Gasteiger partial charge is 0.402 e. The molecule has 2 bridgehead atoms. The first kappa shape index (κ1) is 21.2. The summed E-state index contributed by atoms with van der Waals surface area (Å²) in [7, 11) is 0. The first-order chi connectivity index (χ1) is 15.6. The second-order valence-corrected chi connectivity index (χ2v) is 10.2. The van der Waals surface area contributed by atoms with Crippen LogP contribution in [0.3, 0.4) is 0 Å². The average Bonchev–Trinajstić information content (AvgIpc) is 3.30. The van der Waals surface area contributed by atoms with Gasteiger partial charge in [-0.25, -0.2) is 4.98 Å². The number of hydrogen-bond acceptors (Lipinski definition) is 6. The molecule has 1 saturated heterocycles. The third-order valence-corrected chi connectivity index (χ3v) is 8.15. The molecular weight excluding hydrogens is 435 g/mol. The van der Waals surface area contributed by atoms with Crippen LogP contribution in [0, 0.1) is 17.8 Å². The molecule has 0 amide bonds. The Labute approximate surface area is 190 Å². The Morgan fingerprint density at radius 3 is 2.73 bits per heavy atom. The highest BCUT2D eigenvalue weighted by Crippen LogP contribution is 2.91. The number of halogens is 3. The van der Waals surface area contributed by atoms with E-state index >= 15 is 0 Å². The molecule has 4 aliphatic carbocycles. The molecule has 0 spiro atoms. The lowest BCUT2D eigenvalue weighted by atomic mass is 9.99. The second kappa shape index (κ2) is 6.85. The van der Waals surface area contributed by atoms with Crippen molar-refractivity contribution >= 4 is 5.82 Å². The number of ether oxygens (including phenoxy) is 2. The summed E-state index contributed by atoms with van der Waals surface area (Å²) in [5.74, 6) is 1.17. The van der Waals surface area contributed by atoms with Crippen LogP contribution >= 0.6 is 0 Å². The monoisotopic (exact) mass is 463 g/mol. The first-order valence-corrected chi connectivity index (χ1v) is 11.6. The van der Waals surface area contributed by atoms with Gasteiger partial charge in [0.05, 0.1) is 18.9 Å². The van der Waals surface area contributed by atoms with Gasteiger partial charge in [0.2, 0.25) is 0 Å². The predicted octanol–water partition coefficient (Wildman–Crippen LogP) is 3.61. The molecule has 2 N–H and O–H groups in total. The van der Waals surface area contributed by atoms with Gasteiger partial charge in [0.25, 0.3) is 0 Å². The van der Waals surface area contributed by atoms with E-state index < -0.39 is 12.1 Å². The Bertz CT molecular complexity index is 1100. The highest BCUT2D eigenvalue weighted by atomic mass is 19.4. The second-order valence-electron chi connectivity index (χ2n) is 10.2. The lowest BCUT2D eigenvalue weighted by Gasteiger charge is -2.38. The molecule has 5 aliphatic rings. The number of rotatable bonds is 5.